The third-order valence-corrected chi connectivity index (χ3v) is 6.45. The minimum atomic E-state index is -2.64. The van der Waals surface area contributed by atoms with Gasteiger partial charge in [0.25, 0.3) is 0 Å². The minimum absolute atomic E-state index is 0.0639. The molecule has 0 amide bonds. The number of para-hydroxylation sites is 1. The molecule has 0 bridgehead atoms. The van der Waals surface area contributed by atoms with Gasteiger partial charge in [0.15, 0.2) is 6.29 Å². The number of hydrogen-bond acceptors (Lipinski definition) is 5. The van der Waals surface area contributed by atoms with Gasteiger partial charge < -0.3 is 18.4 Å². The highest BCUT2D eigenvalue weighted by atomic mass is 28.4. The van der Waals surface area contributed by atoms with E-state index in [1.807, 2.05) is 26.8 Å². The Kier molecular flexibility index (Phi) is 8.33. The van der Waals surface area contributed by atoms with Crippen molar-refractivity contribution >= 4 is 15.1 Å². The maximum Gasteiger partial charge on any atom is 0.500 e. The van der Waals surface area contributed by atoms with Crippen LogP contribution >= 0.6 is 0 Å². The summed E-state index contributed by atoms with van der Waals surface area (Å²) < 4.78 is 17.4. The molecule has 0 aliphatic rings. The van der Waals surface area contributed by atoms with Gasteiger partial charge in [-0.05, 0) is 45.2 Å². The Bertz CT molecular complexity index is 447. The van der Waals surface area contributed by atoms with Gasteiger partial charge in [-0.3, -0.25) is 4.79 Å². The molecule has 0 spiro atoms. The number of aldehydes is 1. The molecular weight excluding hydrogens is 300 g/mol. The maximum atomic E-state index is 10.9. The zero-order chi connectivity index (χ0) is 16.4. The van der Waals surface area contributed by atoms with E-state index >= 15 is 0 Å². The Balaban J connectivity index is 2.71. The van der Waals surface area contributed by atoms with E-state index in [1.165, 1.54) is 0 Å². The molecule has 22 heavy (non-hydrogen) atoms. The van der Waals surface area contributed by atoms with E-state index in [4.69, 9.17) is 13.3 Å². The van der Waals surface area contributed by atoms with Gasteiger partial charge in [-0.25, -0.2) is 0 Å². The molecule has 0 saturated carbocycles. The maximum absolute atomic E-state index is 10.9. The lowest BCUT2D eigenvalue weighted by molar-refractivity contribution is 0.0708. The van der Waals surface area contributed by atoms with E-state index < -0.39 is 8.80 Å². The summed E-state index contributed by atoms with van der Waals surface area (Å²) in [6.45, 7) is 7.45. The lowest BCUT2D eigenvalue weighted by Crippen LogP contribution is -2.46. The molecule has 0 saturated heterocycles. The minimum Gasteiger partial charge on any atom is -0.507 e. The number of carbonyl (C=O) groups excluding carboxylic acids is 1. The first kappa shape index (κ1) is 18.8. The highest BCUT2D eigenvalue weighted by molar-refractivity contribution is 6.60. The monoisotopic (exact) mass is 326 g/mol. The Morgan fingerprint density at radius 3 is 2.18 bits per heavy atom. The van der Waals surface area contributed by atoms with E-state index in [2.05, 4.69) is 0 Å². The topological polar surface area (TPSA) is 65.0 Å². The molecule has 0 fully saturated rings. The van der Waals surface area contributed by atoms with Crippen molar-refractivity contribution in [2.24, 2.45) is 0 Å². The van der Waals surface area contributed by atoms with E-state index in [9.17, 15) is 9.90 Å². The van der Waals surface area contributed by atoms with E-state index in [0.717, 1.165) is 12.0 Å². The summed E-state index contributed by atoms with van der Waals surface area (Å²) in [7, 11) is -2.64. The quantitative estimate of drug-likeness (QED) is 0.500. The van der Waals surface area contributed by atoms with Crippen LogP contribution in [0.25, 0.3) is 0 Å². The normalized spacial score (nSPS) is 11.6. The number of carbonyl (C=O) groups is 1. The third-order valence-electron chi connectivity index (χ3n) is 3.30. The number of benzene rings is 1. The molecule has 0 aliphatic carbocycles. The molecule has 0 aliphatic heterocycles. The Labute approximate surface area is 133 Å². The predicted octanol–water partition coefficient (Wildman–Crippen LogP) is 3.19. The van der Waals surface area contributed by atoms with Crippen molar-refractivity contribution in [2.75, 3.05) is 19.8 Å². The lowest BCUT2D eigenvalue weighted by atomic mass is 10.1. The molecule has 6 heteroatoms. The van der Waals surface area contributed by atoms with Crippen LogP contribution in [-0.2, 0) is 19.7 Å². The van der Waals surface area contributed by atoms with E-state index in [-0.39, 0.29) is 5.75 Å². The number of hydrogen-bond donors (Lipinski definition) is 1. The van der Waals surface area contributed by atoms with E-state index in [1.54, 1.807) is 12.1 Å². The fourth-order valence-electron chi connectivity index (χ4n) is 2.40. The standard InChI is InChI=1S/C16H26O5Si/c1-4-19-22(20-5-2,21-6-3)12-8-11-14-9-7-10-15(13-17)16(14)18/h7,9-10,13,18H,4-6,8,11-12H2,1-3H3. The van der Waals surface area contributed by atoms with Crippen LogP contribution in [-0.4, -0.2) is 40.0 Å². The summed E-state index contributed by atoms with van der Waals surface area (Å²) >= 11 is 0. The van der Waals surface area contributed by atoms with Crippen molar-refractivity contribution in [1.82, 2.24) is 0 Å². The highest BCUT2D eigenvalue weighted by Crippen LogP contribution is 2.25. The number of phenols is 1. The fourth-order valence-corrected chi connectivity index (χ4v) is 5.02. The van der Waals surface area contributed by atoms with Gasteiger partial charge in [0.1, 0.15) is 5.75 Å². The molecule has 5 nitrogen and oxygen atoms in total. The number of aryl methyl sites for hydroxylation is 1. The largest absolute Gasteiger partial charge is 0.507 e. The molecule has 0 aromatic heterocycles. The van der Waals surface area contributed by atoms with Crippen LogP contribution in [0.2, 0.25) is 6.04 Å². The smallest absolute Gasteiger partial charge is 0.500 e. The van der Waals surface area contributed by atoms with Crippen LogP contribution in [0.15, 0.2) is 18.2 Å². The molecule has 1 aromatic rings. The highest BCUT2D eigenvalue weighted by Gasteiger charge is 2.39. The van der Waals surface area contributed by atoms with Crippen LogP contribution in [0.3, 0.4) is 0 Å². The lowest BCUT2D eigenvalue weighted by Gasteiger charge is -2.28. The third kappa shape index (κ3) is 5.21. The van der Waals surface area contributed by atoms with Crippen molar-refractivity contribution in [3.63, 3.8) is 0 Å². The molecule has 0 atom stereocenters. The predicted molar refractivity (Wildman–Crippen MR) is 87.3 cm³/mol. The first-order valence-corrected chi connectivity index (χ1v) is 9.73. The second kappa shape index (κ2) is 9.73. The van der Waals surface area contributed by atoms with Gasteiger partial charge >= 0.3 is 8.80 Å². The number of phenolic OH excluding ortho intramolecular Hbond substituents is 1. The molecule has 1 N–H and O–H groups in total. The molecule has 0 radical (unpaired) electrons. The van der Waals surface area contributed by atoms with Crippen LogP contribution in [0, 0.1) is 0 Å². The van der Waals surface area contributed by atoms with Gasteiger partial charge in [-0.2, -0.15) is 0 Å². The van der Waals surface area contributed by atoms with Crippen LogP contribution in [0.5, 0.6) is 5.75 Å². The first-order valence-electron chi connectivity index (χ1n) is 7.80. The number of rotatable bonds is 11. The molecule has 0 heterocycles. The Morgan fingerprint density at radius 2 is 1.68 bits per heavy atom. The number of aromatic hydroxyl groups is 1. The van der Waals surface area contributed by atoms with Crippen molar-refractivity contribution < 1.29 is 23.2 Å². The fraction of sp³-hybridized carbons (Fsp3) is 0.562. The van der Waals surface area contributed by atoms with Gasteiger partial charge in [-0.1, -0.05) is 12.1 Å². The van der Waals surface area contributed by atoms with Gasteiger partial charge in [-0.15, -0.1) is 0 Å². The van der Waals surface area contributed by atoms with Crippen LogP contribution < -0.4 is 0 Å². The van der Waals surface area contributed by atoms with Crippen molar-refractivity contribution in [3.8, 4) is 5.75 Å². The van der Waals surface area contributed by atoms with Crippen molar-refractivity contribution in [2.45, 2.75) is 39.7 Å². The van der Waals surface area contributed by atoms with Crippen molar-refractivity contribution in [3.05, 3.63) is 29.3 Å². The average molecular weight is 326 g/mol. The van der Waals surface area contributed by atoms with Gasteiger partial charge in [0, 0.05) is 25.9 Å². The Morgan fingerprint density at radius 1 is 1.09 bits per heavy atom. The molecule has 1 rings (SSSR count). The summed E-state index contributed by atoms with van der Waals surface area (Å²) in [5, 5.41) is 10.0. The van der Waals surface area contributed by atoms with Gasteiger partial charge in [0.2, 0.25) is 0 Å². The first-order chi connectivity index (χ1) is 10.6. The zero-order valence-corrected chi connectivity index (χ0v) is 14.6. The van der Waals surface area contributed by atoms with Crippen LogP contribution in [0.4, 0.5) is 0 Å². The molecule has 124 valence electrons. The summed E-state index contributed by atoms with van der Waals surface area (Å²) in [6, 6.07) is 5.89. The zero-order valence-electron chi connectivity index (χ0n) is 13.6. The second-order valence-corrected chi connectivity index (χ2v) is 7.54. The van der Waals surface area contributed by atoms with Gasteiger partial charge in [0.05, 0.1) is 5.56 Å². The Hall–Kier alpha value is -1.21. The molecule has 1 aromatic carbocycles. The van der Waals surface area contributed by atoms with Crippen LogP contribution in [0.1, 0.15) is 43.1 Å². The molecule has 0 unspecified atom stereocenters. The average Bonchev–Trinajstić information content (AvgIpc) is 2.50. The van der Waals surface area contributed by atoms with Crippen molar-refractivity contribution in [1.29, 1.82) is 0 Å². The second-order valence-electron chi connectivity index (χ2n) is 4.81. The van der Waals surface area contributed by atoms with E-state index in [0.29, 0.717) is 44.1 Å². The summed E-state index contributed by atoms with van der Waals surface area (Å²) in [6.07, 6.45) is 2.08. The summed E-state index contributed by atoms with van der Waals surface area (Å²) in [4.78, 5) is 10.9. The SMILES string of the molecule is CCO[Si](CCCc1cccc(C=O)c1O)(OCC)OCC. The molecular formula is C16H26O5Si. The summed E-state index contributed by atoms with van der Waals surface area (Å²) in [5.41, 5.74) is 1.08. The summed E-state index contributed by atoms with van der Waals surface area (Å²) in [5.74, 6) is 0.0639.